The van der Waals surface area contributed by atoms with Crippen molar-refractivity contribution in [2.45, 2.75) is 0 Å². The van der Waals surface area contributed by atoms with E-state index in [4.69, 9.17) is 27.3 Å². The van der Waals surface area contributed by atoms with E-state index < -0.39 is 5.91 Å². The number of nitrogens with two attached hydrogens (primary N) is 1. The van der Waals surface area contributed by atoms with Crippen molar-refractivity contribution in [1.82, 2.24) is 0 Å². The summed E-state index contributed by atoms with van der Waals surface area (Å²) < 4.78 is 5.02. The molecule has 0 saturated heterocycles. The van der Waals surface area contributed by atoms with Crippen LogP contribution in [0, 0.1) is 11.3 Å². The van der Waals surface area contributed by atoms with Crippen LogP contribution in [0.4, 0.5) is 0 Å². The normalized spacial score (nSPS) is 11.8. The van der Waals surface area contributed by atoms with E-state index in [1.165, 1.54) is 12.2 Å². The Morgan fingerprint density at radius 1 is 1.39 bits per heavy atom. The Balaban J connectivity index is 2.96. The minimum Gasteiger partial charge on any atom is -0.497 e. The highest BCUT2D eigenvalue weighted by Crippen LogP contribution is 2.21. The van der Waals surface area contributed by atoms with E-state index >= 15 is 0 Å². The number of nitriles is 1. The quantitative estimate of drug-likeness (QED) is 0.513. The summed E-state index contributed by atoms with van der Waals surface area (Å²) in [7, 11) is 1.57. The van der Waals surface area contributed by atoms with Gasteiger partial charge in [-0.1, -0.05) is 11.6 Å². The van der Waals surface area contributed by atoms with Crippen LogP contribution in [0.2, 0.25) is 0 Å². The molecule has 0 spiro atoms. The fourth-order valence-corrected chi connectivity index (χ4v) is 1.37. The summed E-state index contributed by atoms with van der Waals surface area (Å²) in [6, 6.07) is 8.74. The maximum atomic E-state index is 10.8. The van der Waals surface area contributed by atoms with E-state index in [-0.39, 0.29) is 5.57 Å². The molecule has 0 aromatic heterocycles. The van der Waals surface area contributed by atoms with Crippen molar-refractivity contribution in [3.8, 4) is 11.8 Å². The van der Waals surface area contributed by atoms with Gasteiger partial charge >= 0.3 is 0 Å². The summed E-state index contributed by atoms with van der Waals surface area (Å²) in [5.74, 6) is -0.0680. The van der Waals surface area contributed by atoms with Crippen molar-refractivity contribution in [3.05, 3.63) is 47.6 Å². The molecule has 0 aliphatic heterocycles. The molecule has 18 heavy (non-hydrogen) atoms. The number of carbonyl (C=O) groups excluding carboxylic acids is 1. The fraction of sp³-hybridized carbons (Fsp3) is 0.0769. The van der Waals surface area contributed by atoms with E-state index in [0.29, 0.717) is 10.8 Å². The third-order valence-electron chi connectivity index (χ3n) is 2.15. The van der Waals surface area contributed by atoms with Crippen molar-refractivity contribution in [2.75, 3.05) is 7.11 Å². The number of methoxy groups -OCH3 is 1. The molecule has 0 saturated carbocycles. The molecule has 1 aromatic rings. The second kappa shape index (κ2) is 6.48. The van der Waals surface area contributed by atoms with Gasteiger partial charge in [0.05, 0.1) is 7.11 Å². The van der Waals surface area contributed by atoms with Crippen molar-refractivity contribution < 1.29 is 9.53 Å². The monoisotopic (exact) mass is 262 g/mol. The molecule has 1 aromatic carbocycles. The lowest BCUT2D eigenvalue weighted by Crippen LogP contribution is -2.12. The third-order valence-corrected chi connectivity index (χ3v) is 2.49. The van der Waals surface area contributed by atoms with Crippen molar-refractivity contribution in [1.29, 1.82) is 5.26 Å². The van der Waals surface area contributed by atoms with Crippen LogP contribution in [-0.4, -0.2) is 13.0 Å². The Bertz CT molecular complexity index is 539. The number of amides is 1. The van der Waals surface area contributed by atoms with Gasteiger partial charge in [-0.3, -0.25) is 4.79 Å². The second-order valence-corrected chi connectivity index (χ2v) is 3.71. The van der Waals surface area contributed by atoms with Gasteiger partial charge in [0.2, 0.25) is 0 Å². The summed E-state index contributed by atoms with van der Waals surface area (Å²) in [6.45, 7) is 0. The zero-order valence-electron chi connectivity index (χ0n) is 9.68. The van der Waals surface area contributed by atoms with Gasteiger partial charge < -0.3 is 10.5 Å². The molecule has 0 bridgehead atoms. The van der Waals surface area contributed by atoms with Gasteiger partial charge in [-0.2, -0.15) is 5.26 Å². The number of ether oxygens (including phenoxy) is 1. The van der Waals surface area contributed by atoms with Crippen LogP contribution in [0.25, 0.3) is 5.03 Å². The van der Waals surface area contributed by atoms with Crippen LogP contribution < -0.4 is 10.5 Å². The predicted octanol–water partition coefficient (Wildman–Crippen LogP) is 2.21. The fourth-order valence-electron chi connectivity index (χ4n) is 1.18. The summed E-state index contributed by atoms with van der Waals surface area (Å²) >= 11 is 6.02. The summed E-state index contributed by atoms with van der Waals surface area (Å²) in [5.41, 5.74) is 5.59. The average Bonchev–Trinajstić information content (AvgIpc) is 2.39. The molecule has 5 heteroatoms. The molecular weight excluding hydrogens is 252 g/mol. The number of halogens is 1. The Morgan fingerprint density at radius 2 is 2.00 bits per heavy atom. The number of hydrogen-bond donors (Lipinski definition) is 1. The van der Waals surface area contributed by atoms with E-state index in [1.807, 2.05) is 0 Å². The lowest BCUT2D eigenvalue weighted by Gasteiger charge is -2.01. The molecule has 2 N–H and O–H groups in total. The van der Waals surface area contributed by atoms with Crippen LogP contribution >= 0.6 is 11.6 Å². The molecule has 1 amide bonds. The molecule has 0 aliphatic rings. The van der Waals surface area contributed by atoms with Crippen LogP contribution in [0.1, 0.15) is 5.56 Å². The molecule has 0 fully saturated rings. The minimum absolute atomic E-state index is 0.151. The van der Waals surface area contributed by atoms with Gasteiger partial charge in [-0.25, -0.2) is 0 Å². The Morgan fingerprint density at radius 3 is 2.44 bits per heavy atom. The van der Waals surface area contributed by atoms with Gasteiger partial charge in [-0.15, -0.1) is 0 Å². The summed E-state index contributed by atoms with van der Waals surface area (Å²) in [5, 5.41) is 9.04. The molecule has 0 atom stereocenters. The number of primary amides is 1. The first-order valence-electron chi connectivity index (χ1n) is 5.00. The molecule has 1 rings (SSSR count). The summed E-state index contributed by atoms with van der Waals surface area (Å²) in [6.07, 6.45) is 2.74. The van der Waals surface area contributed by atoms with Crippen LogP contribution in [0.3, 0.4) is 0 Å². The van der Waals surface area contributed by atoms with Gasteiger partial charge in [-0.05, 0) is 42.0 Å². The molecule has 92 valence electrons. The molecule has 0 unspecified atom stereocenters. The Labute approximate surface area is 110 Å². The third kappa shape index (κ3) is 3.65. The number of allylic oxidation sites excluding steroid dienone is 2. The zero-order valence-corrected chi connectivity index (χ0v) is 10.4. The molecule has 0 aliphatic carbocycles. The highest BCUT2D eigenvalue weighted by atomic mass is 35.5. The average molecular weight is 263 g/mol. The largest absolute Gasteiger partial charge is 0.497 e. The van der Waals surface area contributed by atoms with Crippen LogP contribution in [-0.2, 0) is 4.79 Å². The first kappa shape index (κ1) is 13.8. The molecule has 0 heterocycles. The number of nitrogens with zero attached hydrogens (tertiary/aromatic N) is 1. The zero-order chi connectivity index (χ0) is 13.5. The van der Waals surface area contributed by atoms with Crippen molar-refractivity contribution in [2.24, 2.45) is 5.73 Å². The van der Waals surface area contributed by atoms with E-state index in [0.717, 1.165) is 5.56 Å². The van der Waals surface area contributed by atoms with Gasteiger partial charge in [0.1, 0.15) is 17.4 Å². The van der Waals surface area contributed by atoms with Gasteiger partial charge in [0.25, 0.3) is 5.91 Å². The highest BCUT2D eigenvalue weighted by molar-refractivity contribution is 6.48. The van der Waals surface area contributed by atoms with Crippen molar-refractivity contribution in [3.63, 3.8) is 0 Å². The van der Waals surface area contributed by atoms with E-state index in [1.54, 1.807) is 37.4 Å². The Kier molecular flexibility index (Phi) is 4.97. The second-order valence-electron chi connectivity index (χ2n) is 3.30. The SMILES string of the molecule is COc1ccc(/C(Cl)=C/C=C(\C#N)C(N)=O)cc1. The minimum atomic E-state index is -0.784. The highest BCUT2D eigenvalue weighted by Gasteiger charge is 2.02. The van der Waals surface area contributed by atoms with Gasteiger partial charge in [0, 0.05) is 5.03 Å². The first-order valence-corrected chi connectivity index (χ1v) is 5.38. The topological polar surface area (TPSA) is 76.1 Å². The van der Waals surface area contributed by atoms with Crippen molar-refractivity contribution >= 4 is 22.5 Å². The summed E-state index contributed by atoms with van der Waals surface area (Å²) in [4.78, 5) is 10.8. The first-order chi connectivity index (χ1) is 8.58. The lowest BCUT2D eigenvalue weighted by molar-refractivity contribution is -0.114. The number of rotatable bonds is 4. The smallest absolute Gasteiger partial charge is 0.259 e. The maximum absolute atomic E-state index is 10.8. The molecule has 4 nitrogen and oxygen atoms in total. The van der Waals surface area contributed by atoms with Gasteiger partial charge in [0.15, 0.2) is 0 Å². The number of carbonyl (C=O) groups is 1. The van der Waals surface area contributed by atoms with Crippen LogP contribution in [0.15, 0.2) is 42.0 Å². The predicted molar refractivity (Wildman–Crippen MR) is 69.7 cm³/mol. The molecular formula is C13H11ClN2O2. The van der Waals surface area contributed by atoms with E-state index in [9.17, 15) is 4.79 Å². The number of benzene rings is 1. The lowest BCUT2D eigenvalue weighted by atomic mass is 10.2. The van der Waals surface area contributed by atoms with E-state index in [2.05, 4.69) is 0 Å². The Hall–Kier alpha value is -2.25. The standard InChI is InChI=1S/C13H11ClN2O2/c1-18-11-5-2-9(3-6-11)12(14)7-4-10(8-15)13(16)17/h2-7H,1H3,(H2,16,17)/b10-4+,12-7-. The number of hydrogen-bond acceptors (Lipinski definition) is 3. The van der Waals surface area contributed by atoms with Crippen LogP contribution in [0.5, 0.6) is 5.75 Å². The molecule has 0 radical (unpaired) electrons. The maximum Gasteiger partial charge on any atom is 0.259 e.